The molecule has 0 aliphatic carbocycles. The molecule has 2 aliphatic heterocycles. The van der Waals surface area contributed by atoms with Crippen molar-refractivity contribution in [2.24, 2.45) is 0 Å². The van der Waals surface area contributed by atoms with Crippen molar-refractivity contribution < 1.29 is 23.8 Å². The normalized spacial score (nSPS) is 15.1. The first-order chi connectivity index (χ1) is 17.1. The maximum Gasteiger partial charge on any atom is 0.265 e. The molecule has 0 atom stereocenters. The average molecular weight is 464 g/mol. The molecule has 1 N–H and O–H groups in total. The van der Waals surface area contributed by atoms with Crippen LogP contribution in [0.15, 0.2) is 96.6 Å². The number of carbonyl (C=O) groups excluding carboxylic acids is 2. The Kier molecular flexibility index (Phi) is 4.88. The molecule has 0 bridgehead atoms. The van der Waals surface area contributed by atoms with Crippen LogP contribution >= 0.6 is 0 Å². The van der Waals surface area contributed by atoms with Crippen molar-refractivity contribution in [1.82, 2.24) is 9.88 Å². The summed E-state index contributed by atoms with van der Waals surface area (Å²) in [4.78, 5) is 30.5. The summed E-state index contributed by atoms with van der Waals surface area (Å²) in [6, 6.07) is 22.7. The first-order valence-electron chi connectivity index (χ1n) is 11.1. The summed E-state index contributed by atoms with van der Waals surface area (Å²) in [5.74, 6) is 1.05. The van der Waals surface area contributed by atoms with Crippen molar-refractivity contribution in [1.29, 1.82) is 0 Å². The van der Waals surface area contributed by atoms with Crippen molar-refractivity contribution in [2.45, 2.75) is 6.61 Å². The van der Waals surface area contributed by atoms with Gasteiger partial charge in [-0.25, -0.2) is 0 Å². The van der Waals surface area contributed by atoms with E-state index in [-0.39, 0.29) is 16.9 Å². The molecule has 35 heavy (non-hydrogen) atoms. The first kappa shape index (κ1) is 20.8. The van der Waals surface area contributed by atoms with Crippen LogP contribution in [0.5, 0.6) is 17.2 Å². The van der Waals surface area contributed by atoms with E-state index in [1.807, 2.05) is 60.7 Å². The van der Waals surface area contributed by atoms with Gasteiger partial charge in [-0.3, -0.25) is 14.5 Å². The van der Waals surface area contributed by atoms with Gasteiger partial charge in [0.05, 0.1) is 11.1 Å². The van der Waals surface area contributed by atoms with Gasteiger partial charge in [-0.15, -0.1) is 0 Å². The zero-order chi connectivity index (χ0) is 23.9. The third kappa shape index (κ3) is 3.54. The van der Waals surface area contributed by atoms with E-state index >= 15 is 0 Å². The Balaban J connectivity index is 1.37. The zero-order valence-corrected chi connectivity index (χ0v) is 18.8. The maximum atomic E-state index is 13.2. The number of carbonyl (C=O) groups is 2. The number of nitrogens with zero attached hydrogens (tertiary/aromatic N) is 1. The van der Waals surface area contributed by atoms with Gasteiger partial charge >= 0.3 is 0 Å². The average Bonchev–Trinajstić information content (AvgIpc) is 3.41. The summed E-state index contributed by atoms with van der Waals surface area (Å²) >= 11 is 0. The Morgan fingerprint density at radius 3 is 2.46 bits per heavy atom. The highest BCUT2D eigenvalue weighted by atomic mass is 16.6. The topological polar surface area (TPSA) is 80.9 Å². The number of hydrogen-bond acceptors (Lipinski definition) is 5. The van der Waals surface area contributed by atoms with E-state index in [0.29, 0.717) is 29.4 Å². The fourth-order valence-electron chi connectivity index (χ4n) is 4.26. The number of fused-ring (bicyclic) bond motifs is 2. The third-order valence-electron chi connectivity index (χ3n) is 6.07. The second-order valence-corrected chi connectivity index (χ2v) is 8.25. The van der Waals surface area contributed by atoms with Crippen LogP contribution in [0.4, 0.5) is 0 Å². The van der Waals surface area contributed by atoms with Gasteiger partial charge in [0.15, 0.2) is 17.3 Å². The molecular weight excluding hydrogens is 444 g/mol. The van der Waals surface area contributed by atoms with Crippen LogP contribution in [-0.2, 0) is 16.2 Å². The van der Waals surface area contributed by atoms with Gasteiger partial charge in [-0.05, 0) is 29.8 Å². The summed E-state index contributed by atoms with van der Waals surface area (Å²) in [5.41, 5.74) is 2.88. The number of amides is 2. The monoisotopic (exact) mass is 464 g/mol. The van der Waals surface area contributed by atoms with Gasteiger partial charge in [0.2, 0.25) is 0 Å². The first-order valence-corrected chi connectivity index (χ1v) is 11.1. The summed E-state index contributed by atoms with van der Waals surface area (Å²) in [7, 11) is 1.46. The van der Waals surface area contributed by atoms with Crippen LogP contribution in [-0.4, -0.2) is 28.7 Å². The maximum absolute atomic E-state index is 13.2. The van der Waals surface area contributed by atoms with E-state index in [2.05, 4.69) is 4.98 Å². The molecule has 1 aromatic heterocycles. The van der Waals surface area contributed by atoms with Gasteiger partial charge in [0, 0.05) is 35.8 Å². The van der Waals surface area contributed by atoms with E-state index in [9.17, 15) is 9.59 Å². The lowest BCUT2D eigenvalue weighted by molar-refractivity contribution is -0.135. The van der Waals surface area contributed by atoms with E-state index in [4.69, 9.17) is 14.2 Å². The molecule has 4 aromatic rings. The van der Waals surface area contributed by atoms with Crippen LogP contribution in [0.3, 0.4) is 0 Å². The number of likely N-dealkylation sites (N-methyl/N-ethyl adjacent to an activating group) is 1. The van der Waals surface area contributed by atoms with Crippen LogP contribution in [0.1, 0.15) is 11.1 Å². The predicted molar refractivity (Wildman–Crippen MR) is 130 cm³/mol. The van der Waals surface area contributed by atoms with Crippen LogP contribution in [0, 0.1) is 0 Å². The highest BCUT2D eigenvalue weighted by Gasteiger charge is 2.41. The molecule has 6 rings (SSSR count). The molecule has 2 aliphatic rings. The van der Waals surface area contributed by atoms with Gasteiger partial charge < -0.3 is 19.2 Å². The molecule has 0 saturated heterocycles. The highest BCUT2D eigenvalue weighted by molar-refractivity contribution is 6.38. The number of imide groups is 1. The van der Waals surface area contributed by atoms with Gasteiger partial charge in [-0.2, -0.15) is 0 Å². The van der Waals surface area contributed by atoms with Crippen molar-refractivity contribution >= 4 is 28.3 Å². The molecule has 0 fully saturated rings. The number of rotatable bonds is 5. The molecular formula is C28H20N2O5. The van der Waals surface area contributed by atoms with Crippen molar-refractivity contribution in [2.75, 3.05) is 7.05 Å². The summed E-state index contributed by atoms with van der Waals surface area (Å²) in [5, 5.41) is 0.790. The zero-order valence-electron chi connectivity index (χ0n) is 18.8. The molecule has 3 heterocycles. The largest absolute Gasteiger partial charge is 0.489 e. The molecule has 2 amide bonds. The van der Waals surface area contributed by atoms with Crippen LogP contribution < -0.4 is 14.2 Å². The second-order valence-electron chi connectivity index (χ2n) is 8.25. The summed E-state index contributed by atoms with van der Waals surface area (Å²) < 4.78 is 17.6. The van der Waals surface area contributed by atoms with Crippen molar-refractivity contribution in [3.8, 4) is 17.2 Å². The van der Waals surface area contributed by atoms with Crippen LogP contribution in [0.25, 0.3) is 16.5 Å². The standard InChI is InChI=1S/C28H20N2O5/c1-30-27(31)25(26(28(30)32)24-16-34-22-9-5-6-10-23(22)35-24)20-14-29-21-13-18(11-12-19(20)21)33-15-17-7-3-2-4-8-17/h2-14,16,29H,15H2,1H3. The number of para-hydroxylation sites is 2. The number of H-pyrrole nitrogens is 1. The van der Waals surface area contributed by atoms with Gasteiger partial charge in [-0.1, -0.05) is 42.5 Å². The third-order valence-corrected chi connectivity index (χ3v) is 6.07. The van der Waals surface area contributed by atoms with E-state index in [1.165, 1.54) is 13.3 Å². The summed E-state index contributed by atoms with van der Waals surface area (Å²) in [6.45, 7) is 0.444. The minimum atomic E-state index is -0.448. The van der Waals surface area contributed by atoms with E-state index in [1.54, 1.807) is 18.3 Å². The lowest BCUT2D eigenvalue weighted by atomic mass is 9.99. The minimum absolute atomic E-state index is 0.164. The molecule has 0 unspecified atom stereocenters. The number of ether oxygens (including phenoxy) is 3. The molecule has 7 heteroatoms. The Bertz CT molecular complexity index is 1550. The second kappa shape index (κ2) is 8.22. The molecule has 172 valence electrons. The van der Waals surface area contributed by atoms with Gasteiger partial charge in [0.1, 0.15) is 18.6 Å². The molecule has 7 nitrogen and oxygen atoms in total. The Morgan fingerprint density at radius 2 is 1.63 bits per heavy atom. The predicted octanol–water partition coefficient (Wildman–Crippen LogP) is 4.81. The fraction of sp³-hybridized carbons (Fsp3) is 0.0714. The quantitative estimate of drug-likeness (QED) is 0.429. The minimum Gasteiger partial charge on any atom is -0.489 e. The SMILES string of the molecule is CN1C(=O)C(C2=COc3ccccc3O2)=C(c2c[nH]c3cc(OCc4ccccc4)ccc23)C1=O. The van der Waals surface area contributed by atoms with Gasteiger partial charge in [0.25, 0.3) is 11.8 Å². The smallest absolute Gasteiger partial charge is 0.265 e. The molecule has 3 aromatic carbocycles. The lowest BCUT2D eigenvalue weighted by Gasteiger charge is -2.18. The van der Waals surface area contributed by atoms with Crippen molar-refractivity contribution in [3.05, 3.63) is 108 Å². The lowest BCUT2D eigenvalue weighted by Crippen LogP contribution is -2.27. The number of aromatic nitrogens is 1. The summed E-state index contributed by atoms with van der Waals surface area (Å²) in [6.07, 6.45) is 3.09. The number of hydrogen-bond donors (Lipinski definition) is 1. The Hall–Kier alpha value is -4.78. The Morgan fingerprint density at radius 1 is 0.886 bits per heavy atom. The number of nitrogens with one attached hydrogen (secondary N) is 1. The van der Waals surface area contributed by atoms with E-state index in [0.717, 1.165) is 21.4 Å². The fourth-order valence-corrected chi connectivity index (χ4v) is 4.26. The van der Waals surface area contributed by atoms with E-state index < -0.39 is 11.8 Å². The number of benzene rings is 3. The Labute approximate surface area is 200 Å². The van der Waals surface area contributed by atoms with Crippen LogP contribution in [0.2, 0.25) is 0 Å². The molecule has 0 saturated carbocycles. The number of aromatic amines is 1. The molecule has 0 spiro atoms. The molecule has 0 radical (unpaired) electrons. The highest BCUT2D eigenvalue weighted by Crippen LogP contribution is 2.40. The van der Waals surface area contributed by atoms with Crippen molar-refractivity contribution in [3.63, 3.8) is 0 Å².